The summed E-state index contributed by atoms with van der Waals surface area (Å²) in [7, 11) is 1.46. The minimum absolute atomic E-state index is 0.0753. The van der Waals surface area contributed by atoms with Gasteiger partial charge in [-0.3, -0.25) is 0 Å². The van der Waals surface area contributed by atoms with Gasteiger partial charge in [0.2, 0.25) is 0 Å². The molecule has 0 saturated carbocycles. The molecule has 0 fully saturated rings. The van der Waals surface area contributed by atoms with Gasteiger partial charge in [-0.2, -0.15) is 0 Å². The molecule has 0 radical (unpaired) electrons. The lowest BCUT2D eigenvalue weighted by Crippen LogP contribution is -2.48. The topological polar surface area (TPSA) is 18.5 Å². The Kier molecular flexibility index (Phi) is 7.76. The molecule has 2 atom stereocenters. The molecule has 0 aliphatic heterocycles. The molecule has 0 aromatic heterocycles. The molecule has 0 saturated heterocycles. The highest BCUT2D eigenvalue weighted by molar-refractivity contribution is 6.67. The summed E-state index contributed by atoms with van der Waals surface area (Å²) >= 11 is 0. The molecule has 3 heteroatoms. The van der Waals surface area contributed by atoms with Crippen LogP contribution in [0.15, 0.2) is 22.8 Å². The van der Waals surface area contributed by atoms with Gasteiger partial charge in [-0.15, -0.1) is 0 Å². The highest BCUT2D eigenvalue weighted by atomic mass is 28.4. The fourth-order valence-corrected chi connectivity index (χ4v) is 7.01. The first-order valence-electron chi connectivity index (χ1n) is 9.24. The van der Waals surface area contributed by atoms with E-state index in [1.54, 1.807) is 0 Å². The summed E-state index contributed by atoms with van der Waals surface area (Å²) in [5.74, 6) is 0. The molecule has 0 aromatic carbocycles. The molecule has 0 N–H and O–H groups in total. The standard InChI is InChI=1S/C20H38O2Si/c1-9-10-11-12-13-14-19(23(8,21-6)22-7)20(5)15-16(2)17(3)18(20)4/h15,19H,9-14H2,1-8H3. The van der Waals surface area contributed by atoms with E-state index in [9.17, 15) is 0 Å². The van der Waals surface area contributed by atoms with Gasteiger partial charge in [-0.1, -0.05) is 63.2 Å². The summed E-state index contributed by atoms with van der Waals surface area (Å²) in [5, 5.41) is 0. The third-order valence-electron chi connectivity index (χ3n) is 6.24. The highest BCUT2D eigenvalue weighted by Gasteiger charge is 2.51. The summed E-state index contributed by atoms with van der Waals surface area (Å²) in [5.41, 5.74) is 4.91. The van der Waals surface area contributed by atoms with Crippen molar-refractivity contribution in [3.8, 4) is 0 Å². The van der Waals surface area contributed by atoms with Crippen molar-refractivity contribution in [1.82, 2.24) is 0 Å². The Hall–Kier alpha value is -0.383. The molecule has 1 rings (SSSR count). The number of hydrogen-bond acceptors (Lipinski definition) is 2. The van der Waals surface area contributed by atoms with Gasteiger partial charge in [0.05, 0.1) is 0 Å². The van der Waals surface area contributed by atoms with Crippen LogP contribution in [-0.4, -0.2) is 22.8 Å². The summed E-state index contributed by atoms with van der Waals surface area (Å²) in [6.45, 7) is 13.7. The van der Waals surface area contributed by atoms with Crippen molar-refractivity contribution in [3.05, 3.63) is 22.8 Å². The van der Waals surface area contributed by atoms with Gasteiger partial charge in [0.15, 0.2) is 0 Å². The molecule has 0 amide bonds. The quantitative estimate of drug-likeness (QED) is 0.339. The maximum absolute atomic E-state index is 5.99. The Bertz CT molecular complexity index is 449. The number of rotatable bonds is 10. The van der Waals surface area contributed by atoms with Crippen molar-refractivity contribution < 1.29 is 8.85 Å². The van der Waals surface area contributed by atoms with Crippen LogP contribution in [0.3, 0.4) is 0 Å². The van der Waals surface area contributed by atoms with Crippen LogP contribution < -0.4 is 0 Å². The third-order valence-corrected chi connectivity index (χ3v) is 10.0. The van der Waals surface area contributed by atoms with Gasteiger partial charge in [0, 0.05) is 25.2 Å². The van der Waals surface area contributed by atoms with E-state index in [0.717, 1.165) is 0 Å². The van der Waals surface area contributed by atoms with Crippen LogP contribution >= 0.6 is 0 Å². The second-order valence-electron chi connectivity index (χ2n) is 7.54. The van der Waals surface area contributed by atoms with E-state index in [1.165, 1.54) is 55.2 Å². The fraction of sp³-hybridized carbons (Fsp3) is 0.800. The summed E-state index contributed by atoms with van der Waals surface area (Å²) < 4.78 is 12.0. The lowest BCUT2D eigenvalue weighted by molar-refractivity contribution is 0.210. The first-order valence-corrected chi connectivity index (χ1v) is 11.6. The predicted molar refractivity (Wildman–Crippen MR) is 103 cm³/mol. The van der Waals surface area contributed by atoms with Crippen LogP contribution in [-0.2, 0) is 8.85 Å². The van der Waals surface area contributed by atoms with Crippen LogP contribution in [0, 0.1) is 5.41 Å². The van der Waals surface area contributed by atoms with Gasteiger partial charge < -0.3 is 8.85 Å². The monoisotopic (exact) mass is 338 g/mol. The maximum Gasteiger partial charge on any atom is 0.338 e. The lowest BCUT2D eigenvalue weighted by atomic mass is 9.79. The normalized spacial score (nSPS) is 23.4. The second-order valence-corrected chi connectivity index (χ2v) is 11.1. The van der Waals surface area contributed by atoms with Crippen molar-refractivity contribution in [1.29, 1.82) is 0 Å². The van der Waals surface area contributed by atoms with Crippen LogP contribution in [0.5, 0.6) is 0 Å². The van der Waals surface area contributed by atoms with E-state index >= 15 is 0 Å². The van der Waals surface area contributed by atoms with Crippen molar-refractivity contribution in [2.24, 2.45) is 5.41 Å². The summed E-state index contributed by atoms with van der Waals surface area (Å²) in [4.78, 5) is 0. The van der Waals surface area contributed by atoms with E-state index in [0.29, 0.717) is 5.54 Å². The molecule has 0 spiro atoms. The summed E-state index contributed by atoms with van der Waals surface area (Å²) in [6.07, 6.45) is 10.3. The lowest BCUT2D eigenvalue weighted by Gasteiger charge is -2.43. The molecular weight excluding hydrogens is 300 g/mol. The molecular formula is C20H38O2Si. The smallest absolute Gasteiger partial charge is 0.338 e. The largest absolute Gasteiger partial charge is 0.398 e. The molecule has 23 heavy (non-hydrogen) atoms. The van der Waals surface area contributed by atoms with Gasteiger partial charge in [0.1, 0.15) is 0 Å². The van der Waals surface area contributed by atoms with E-state index in [2.05, 4.69) is 47.2 Å². The Balaban J connectivity index is 3.01. The molecule has 134 valence electrons. The van der Waals surface area contributed by atoms with Crippen molar-refractivity contribution in [2.75, 3.05) is 14.2 Å². The SMILES string of the molecule is CCCCCCCC(C1(C)C=C(C)C(C)=C1C)[Si](C)(OC)OC. The molecule has 0 aromatic rings. The van der Waals surface area contributed by atoms with E-state index < -0.39 is 8.56 Å². The van der Waals surface area contributed by atoms with Crippen LogP contribution in [0.1, 0.15) is 73.1 Å². The van der Waals surface area contributed by atoms with Crippen LogP contribution in [0.2, 0.25) is 12.1 Å². The van der Waals surface area contributed by atoms with E-state index in [1.807, 2.05) is 14.2 Å². The molecule has 0 bridgehead atoms. The zero-order valence-corrected chi connectivity index (χ0v) is 17.7. The minimum atomic E-state index is -2.21. The number of allylic oxidation sites excluding steroid dienone is 4. The first-order chi connectivity index (χ1) is 10.8. The van der Waals surface area contributed by atoms with Gasteiger partial charge in [-0.05, 0) is 39.3 Å². The van der Waals surface area contributed by atoms with Crippen molar-refractivity contribution >= 4 is 8.56 Å². The van der Waals surface area contributed by atoms with Crippen molar-refractivity contribution in [3.63, 3.8) is 0 Å². The van der Waals surface area contributed by atoms with Gasteiger partial charge >= 0.3 is 8.56 Å². The average Bonchev–Trinajstić information content (AvgIpc) is 2.74. The predicted octanol–water partition coefficient (Wildman–Crippen LogP) is 6.38. The Morgan fingerprint density at radius 1 is 1.04 bits per heavy atom. The Morgan fingerprint density at radius 2 is 1.61 bits per heavy atom. The Morgan fingerprint density at radius 3 is 2.04 bits per heavy atom. The third kappa shape index (κ3) is 4.37. The molecule has 2 unspecified atom stereocenters. The summed E-state index contributed by atoms with van der Waals surface area (Å²) in [6, 6.07) is 0. The van der Waals surface area contributed by atoms with Crippen LogP contribution in [0.4, 0.5) is 0 Å². The van der Waals surface area contributed by atoms with E-state index in [-0.39, 0.29) is 5.41 Å². The zero-order chi connectivity index (χ0) is 17.7. The highest BCUT2D eigenvalue weighted by Crippen LogP contribution is 2.54. The van der Waals surface area contributed by atoms with Gasteiger partial charge in [-0.25, -0.2) is 0 Å². The maximum atomic E-state index is 5.99. The Labute approximate surface area is 145 Å². The first kappa shape index (κ1) is 20.7. The molecule has 1 aliphatic carbocycles. The van der Waals surface area contributed by atoms with Gasteiger partial charge in [0.25, 0.3) is 0 Å². The van der Waals surface area contributed by atoms with E-state index in [4.69, 9.17) is 8.85 Å². The number of hydrogen-bond donors (Lipinski definition) is 0. The average molecular weight is 339 g/mol. The number of unbranched alkanes of at least 4 members (excludes halogenated alkanes) is 4. The second kappa shape index (κ2) is 8.64. The van der Waals surface area contributed by atoms with Crippen molar-refractivity contribution in [2.45, 2.75) is 85.2 Å². The molecule has 2 nitrogen and oxygen atoms in total. The molecule has 1 aliphatic rings. The van der Waals surface area contributed by atoms with Crippen LogP contribution in [0.25, 0.3) is 0 Å². The zero-order valence-electron chi connectivity index (χ0n) is 16.7. The molecule has 0 heterocycles. The minimum Gasteiger partial charge on any atom is -0.398 e. The fourth-order valence-electron chi connectivity index (χ4n) is 4.15.